The van der Waals surface area contributed by atoms with Crippen LogP contribution in [0.25, 0.3) is 0 Å². The number of aryl methyl sites for hydroxylation is 2. The van der Waals surface area contributed by atoms with Crippen molar-refractivity contribution in [2.45, 2.75) is 26.7 Å². The first-order chi connectivity index (χ1) is 6.19. The van der Waals surface area contributed by atoms with Crippen molar-refractivity contribution in [1.82, 2.24) is 9.97 Å². The van der Waals surface area contributed by atoms with Gasteiger partial charge in [-0.05, 0) is 13.3 Å². The van der Waals surface area contributed by atoms with Gasteiger partial charge in [-0.2, -0.15) is 0 Å². The van der Waals surface area contributed by atoms with Gasteiger partial charge in [-0.25, -0.2) is 9.78 Å². The number of hydrogen-bond acceptors (Lipinski definition) is 3. The Balaban J connectivity index is 2.88. The highest BCUT2D eigenvalue weighted by molar-refractivity contribution is 5.85. The molecule has 1 aromatic rings. The first-order valence-corrected chi connectivity index (χ1v) is 4.32. The number of esters is 1. The highest BCUT2D eigenvalue weighted by Crippen LogP contribution is 2.07. The number of carbonyl (C=O) groups excluding carboxylic acids is 1. The van der Waals surface area contributed by atoms with Crippen molar-refractivity contribution in [3.8, 4) is 0 Å². The van der Waals surface area contributed by atoms with Crippen molar-refractivity contribution >= 4 is 5.97 Å². The lowest BCUT2D eigenvalue weighted by molar-refractivity contribution is 0.0587. The maximum Gasteiger partial charge on any atom is 0.374 e. The molecule has 0 aliphatic carbocycles. The summed E-state index contributed by atoms with van der Waals surface area (Å²) in [5, 5.41) is 0. The van der Waals surface area contributed by atoms with E-state index in [1.165, 1.54) is 7.11 Å². The molecule has 0 atom stereocenters. The topological polar surface area (TPSA) is 55.0 Å². The van der Waals surface area contributed by atoms with E-state index in [4.69, 9.17) is 0 Å². The Kier molecular flexibility index (Phi) is 3.06. The zero-order valence-corrected chi connectivity index (χ0v) is 8.18. The number of imidazole rings is 1. The molecule has 0 radical (unpaired) electrons. The molecule has 0 saturated carbocycles. The van der Waals surface area contributed by atoms with Gasteiger partial charge in [0, 0.05) is 5.69 Å². The molecule has 1 heterocycles. The Bertz CT molecular complexity index is 305. The monoisotopic (exact) mass is 182 g/mol. The van der Waals surface area contributed by atoms with Crippen LogP contribution in [0.2, 0.25) is 0 Å². The second-order valence-electron chi connectivity index (χ2n) is 2.90. The Hall–Kier alpha value is -1.32. The van der Waals surface area contributed by atoms with Gasteiger partial charge in [0.2, 0.25) is 5.82 Å². The lowest BCUT2D eigenvalue weighted by atomic mass is 10.2. The summed E-state index contributed by atoms with van der Waals surface area (Å²) >= 11 is 0. The van der Waals surface area contributed by atoms with Gasteiger partial charge >= 0.3 is 5.97 Å². The third-order valence-electron chi connectivity index (χ3n) is 1.85. The summed E-state index contributed by atoms with van der Waals surface area (Å²) in [6.45, 7) is 3.98. The molecule has 0 unspecified atom stereocenters. The van der Waals surface area contributed by atoms with Gasteiger partial charge in [0.25, 0.3) is 0 Å². The van der Waals surface area contributed by atoms with Crippen LogP contribution in [0.1, 0.15) is 35.4 Å². The second-order valence-corrected chi connectivity index (χ2v) is 2.90. The molecule has 0 fully saturated rings. The van der Waals surface area contributed by atoms with Crippen molar-refractivity contribution in [3.05, 3.63) is 17.2 Å². The molecule has 0 bridgehead atoms. The van der Waals surface area contributed by atoms with Gasteiger partial charge in [-0.15, -0.1) is 0 Å². The normalized spacial score (nSPS) is 10.1. The fraction of sp³-hybridized carbons (Fsp3) is 0.556. The highest BCUT2D eigenvalue weighted by Gasteiger charge is 2.12. The Labute approximate surface area is 77.3 Å². The van der Waals surface area contributed by atoms with E-state index in [1.54, 1.807) is 0 Å². The molecule has 0 saturated heterocycles. The Morgan fingerprint density at radius 1 is 1.62 bits per heavy atom. The average molecular weight is 182 g/mol. The molecule has 1 rings (SSSR count). The number of nitrogens with one attached hydrogen (secondary N) is 1. The molecular formula is C9H14N2O2. The molecular weight excluding hydrogens is 168 g/mol. The van der Waals surface area contributed by atoms with Crippen molar-refractivity contribution < 1.29 is 9.53 Å². The van der Waals surface area contributed by atoms with Crippen molar-refractivity contribution in [2.24, 2.45) is 0 Å². The van der Waals surface area contributed by atoms with E-state index < -0.39 is 5.97 Å². The summed E-state index contributed by atoms with van der Waals surface area (Å²) in [6.07, 6.45) is 1.91. The van der Waals surface area contributed by atoms with E-state index in [9.17, 15) is 4.79 Å². The first-order valence-electron chi connectivity index (χ1n) is 4.32. The van der Waals surface area contributed by atoms with E-state index in [2.05, 4.69) is 21.6 Å². The molecule has 4 nitrogen and oxygen atoms in total. The Morgan fingerprint density at radius 2 is 2.31 bits per heavy atom. The zero-order chi connectivity index (χ0) is 9.84. The first kappa shape index (κ1) is 9.77. The number of methoxy groups -OCH3 is 1. The summed E-state index contributed by atoms with van der Waals surface area (Å²) in [6, 6.07) is 0. The number of carbonyl (C=O) groups is 1. The molecule has 72 valence electrons. The summed E-state index contributed by atoms with van der Waals surface area (Å²) < 4.78 is 4.55. The van der Waals surface area contributed by atoms with Crippen LogP contribution in [0, 0.1) is 6.92 Å². The van der Waals surface area contributed by atoms with Crippen LogP contribution in [0.3, 0.4) is 0 Å². The molecule has 0 aromatic carbocycles. The van der Waals surface area contributed by atoms with Crippen LogP contribution in [0.4, 0.5) is 0 Å². The minimum Gasteiger partial charge on any atom is -0.463 e. The van der Waals surface area contributed by atoms with Crippen LogP contribution < -0.4 is 0 Å². The molecule has 0 aliphatic heterocycles. The Morgan fingerprint density at radius 3 is 2.85 bits per heavy atom. The van der Waals surface area contributed by atoms with E-state index in [1.807, 2.05) is 6.92 Å². The SMILES string of the molecule is CCCc1nc(C(=O)OC)[nH]c1C. The summed E-state index contributed by atoms with van der Waals surface area (Å²) in [5.41, 5.74) is 1.89. The molecule has 0 spiro atoms. The third kappa shape index (κ3) is 2.08. The highest BCUT2D eigenvalue weighted by atomic mass is 16.5. The van der Waals surface area contributed by atoms with Gasteiger partial charge in [0.1, 0.15) is 0 Å². The molecule has 0 aliphatic rings. The van der Waals surface area contributed by atoms with Gasteiger partial charge in [0.05, 0.1) is 12.8 Å². The van der Waals surface area contributed by atoms with Crippen LogP contribution >= 0.6 is 0 Å². The van der Waals surface area contributed by atoms with Gasteiger partial charge in [-0.3, -0.25) is 0 Å². The molecule has 0 amide bonds. The molecule has 13 heavy (non-hydrogen) atoms. The van der Waals surface area contributed by atoms with Crippen molar-refractivity contribution in [3.63, 3.8) is 0 Å². The molecule has 1 aromatic heterocycles. The standard InChI is InChI=1S/C9H14N2O2/c1-4-5-7-6(2)10-8(11-7)9(12)13-3/h4-5H2,1-3H3,(H,10,11). The summed E-state index contributed by atoms with van der Waals surface area (Å²) in [4.78, 5) is 18.1. The van der Waals surface area contributed by atoms with Gasteiger partial charge in [-0.1, -0.05) is 13.3 Å². The minimum atomic E-state index is -0.412. The summed E-state index contributed by atoms with van der Waals surface area (Å²) in [5.74, 6) is -0.117. The summed E-state index contributed by atoms with van der Waals surface area (Å²) in [7, 11) is 1.35. The van der Waals surface area contributed by atoms with Crippen molar-refractivity contribution in [2.75, 3.05) is 7.11 Å². The third-order valence-corrected chi connectivity index (χ3v) is 1.85. The van der Waals surface area contributed by atoms with E-state index in [0.717, 1.165) is 24.2 Å². The largest absolute Gasteiger partial charge is 0.463 e. The molecule has 4 heteroatoms. The second kappa shape index (κ2) is 4.07. The number of ether oxygens (including phenoxy) is 1. The van der Waals surface area contributed by atoms with E-state index in [0.29, 0.717) is 5.82 Å². The van der Waals surface area contributed by atoms with Gasteiger partial charge in [0.15, 0.2) is 0 Å². The number of hydrogen-bond donors (Lipinski definition) is 1. The lowest BCUT2D eigenvalue weighted by Crippen LogP contribution is -2.03. The number of aromatic nitrogens is 2. The fourth-order valence-electron chi connectivity index (χ4n) is 1.17. The predicted molar refractivity (Wildman–Crippen MR) is 48.7 cm³/mol. The smallest absolute Gasteiger partial charge is 0.374 e. The van der Waals surface area contributed by atoms with Crippen LogP contribution in [-0.2, 0) is 11.2 Å². The van der Waals surface area contributed by atoms with Crippen molar-refractivity contribution in [1.29, 1.82) is 0 Å². The van der Waals surface area contributed by atoms with Crippen LogP contribution in [-0.4, -0.2) is 23.0 Å². The zero-order valence-electron chi connectivity index (χ0n) is 8.18. The number of nitrogens with zero attached hydrogens (tertiary/aromatic N) is 1. The maximum atomic E-state index is 11.1. The lowest BCUT2D eigenvalue weighted by Gasteiger charge is -1.91. The fourth-order valence-corrected chi connectivity index (χ4v) is 1.17. The molecule has 1 N–H and O–H groups in total. The van der Waals surface area contributed by atoms with Gasteiger partial charge < -0.3 is 9.72 Å². The van der Waals surface area contributed by atoms with E-state index >= 15 is 0 Å². The quantitative estimate of drug-likeness (QED) is 0.720. The average Bonchev–Trinajstić information content (AvgIpc) is 2.47. The van der Waals surface area contributed by atoms with Crippen LogP contribution in [0.5, 0.6) is 0 Å². The minimum absolute atomic E-state index is 0.295. The van der Waals surface area contributed by atoms with Crippen LogP contribution in [0.15, 0.2) is 0 Å². The number of aromatic amines is 1. The van der Waals surface area contributed by atoms with E-state index in [-0.39, 0.29) is 0 Å². The number of rotatable bonds is 3. The predicted octanol–water partition coefficient (Wildman–Crippen LogP) is 1.46. The number of H-pyrrole nitrogens is 1. The maximum absolute atomic E-state index is 11.1.